The SMILES string of the molecule is C=C(COC(C)=O)CC1(C(=O)OC)CN(C(=O)OC(C)(C)C)C1. The van der Waals surface area contributed by atoms with Crippen LogP contribution in [0.1, 0.15) is 34.1 Å². The molecule has 1 heterocycles. The van der Waals surface area contributed by atoms with Crippen molar-refractivity contribution in [2.75, 3.05) is 26.8 Å². The van der Waals surface area contributed by atoms with Crippen LogP contribution in [0.5, 0.6) is 0 Å². The van der Waals surface area contributed by atoms with Crippen molar-refractivity contribution in [1.82, 2.24) is 4.90 Å². The molecule has 1 saturated heterocycles. The number of carbonyl (C=O) groups is 3. The summed E-state index contributed by atoms with van der Waals surface area (Å²) in [6.45, 7) is 10.9. The van der Waals surface area contributed by atoms with Crippen LogP contribution in [0.3, 0.4) is 0 Å². The van der Waals surface area contributed by atoms with Gasteiger partial charge < -0.3 is 19.1 Å². The van der Waals surface area contributed by atoms with Gasteiger partial charge in [-0.1, -0.05) is 6.58 Å². The summed E-state index contributed by atoms with van der Waals surface area (Å²) in [6.07, 6.45) is -0.186. The third-order valence-corrected chi connectivity index (χ3v) is 3.33. The van der Waals surface area contributed by atoms with Crippen molar-refractivity contribution >= 4 is 18.0 Å². The molecule has 0 aliphatic carbocycles. The number of hydrogen-bond donors (Lipinski definition) is 0. The largest absolute Gasteiger partial charge is 0.468 e. The molecule has 1 amide bonds. The summed E-state index contributed by atoms with van der Waals surface area (Å²) < 4.78 is 15.0. The van der Waals surface area contributed by atoms with Crippen molar-refractivity contribution in [2.24, 2.45) is 5.41 Å². The van der Waals surface area contributed by atoms with Crippen LogP contribution in [0, 0.1) is 5.41 Å². The molecule has 0 aromatic carbocycles. The molecule has 0 unspecified atom stereocenters. The number of esters is 2. The number of carbonyl (C=O) groups excluding carboxylic acids is 3. The maximum absolute atomic E-state index is 12.1. The molecular weight excluding hydrogens is 302 g/mol. The number of nitrogens with zero attached hydrogens (tertiary/aromatic N) is 1. The van der Waals surface area contributed by atoms with Gasteiger partial charge in [0.2, 0.25) is 0 Å². The Morgan fingerprint density at radius 3 is 2.22 bits per heavy atom. The van der Waals surface area contributed by atoms with Crippen molar-refractivity contribution < 1.29 is 28.6 Å². The zero-order valence-corrected chi connectivity index (χ0v) is 14.4. The van der Waals surface area contributed by atoms with Gasteiger partial charge in [-0.05, 0) is 32.8 Å². The van der Waals surface area contributed by atoms with Crippen LogP contribution in [0.15, 0.2) is 12.2 Å². The molecule has 0 saturated carbocycles. The van der Waals surface area contributed by atoms with E-state index in [9.17, 15) is 14.4 Å². The smallest absolute Gasteiger partial charge is 0.410 e. The highest BCUT2D eigenvalue weighted by molar-refractivity contribution is 5.82. The van der Waals surface area contributed by atoms with Gasteiger partial charge in [-0.15, -0.1) is 0 Å². The van der Waals surface area contributed by atoms with Crippen molar-refractivity contribution in [2.45, 2.75) is 39.7 Å². The molecule has 1 rings (SSSR count). The topological polar surface area (TPSA) is 82.1 Å². The molecule has 7 nitrogen and oxygen atoms in total. The molecule has 1 aliphatic heterocycles. The molecule has 7 heteroatoms. The molecule has 130 valence electrons. The van der Waals surface area contributed by atoms with Gasteiger partial charge in [-0.3, -0.25) is 9.59 Å². The number of methoxy groups -OCH3 is 1. The maximum Gasteiger partial charge on any atom is 0.410 e. The lowest BCUT2D eigenvalue weighted by molar-refractivity contribution is -0.163. The van der Waals surface area contributed by atoms with E-state index < -0.39 is 29.0 Å². The average Bonchev–Trinajstić information content (AvgIpc) is 2.36. The van der Waals surface area contributed by atoms with Gasteiger partial charge >= 0.3 is 18.0 Å². The van der Waals surface area contributed by atoms with Gasteiger partial charge in [0.05, 0.1) is 7.11 Å². The Labute approximate surface area is 136 Å². The molecule has 0 bridgehead atoms. The Kier molecular flexibility index (Phi) is 5.80. The van der Waals surface area contributed by atoms with Crippen LogP contribution in [-0.2, 0) is 23.8 Å². The van der Waals surface area contributed by atoms with Gasteiger partial charge in [0.25, 0.3) is 0 Å². The second-order valence-corrected chi connectivity index (χ2v) is 6.82. The summed E-state index contributed by atoms with van der Waals surface area (Å²) in [4.78, 5) is 36.4. The van der Waals surface area contributed by atoms with Crippen LogP contribution in [0.2, 0.25) is 0 Å². The van der Waals surface area contributed by atoms with E-state index in [0.717, 1.165) is 0 Å². The molecule has 1 fully saturated rings. The maximum atomic E-state index is 12.1. The average molecular weight is 327 g/mol. The first kappa shape index (κ1) is 19.0. The van der Waals surface area contributed by atoms with E-state index in [2.05, 4.69) is 6.58 Å². The van der Waals surface area contributed by atoms with E-state index in [-0.39, 0.29) is 26.1 Å². The molecule has 1 aliphatic rings. The number of amides is 1. The Morgan fingerprint density at radius 1 is 1.22 bits per heavy atom. The molecular formula is C16H25NO6. The minimum Gasteiger partial charge on any atom is -0.468 e. The van der Waals surface area contributed by atoms with Crippen LogP contribution < -0.4 is 0 Å². The number of rotatable bonds is 5. The molecule has 23 heavy (non-hydrogen) atoms. The Bertz CT molecular complexity index is 499. The van der Waals surface area contributed by atoms with Gasteiger partial charge in [-0.25, -0.2) is 4.79 Å². The first-order valence-corrected chi connectivity index (χ1v) is 7.35. The molecule has 0 N–H and O–H groups in total. The summed E-state index contributed by atoms with van der Waals surface area (Å²) in [5, 5.41) is 0. The molecule has 0 atom stereocenters. The predicted octanol–water partition coefficient (Wildman–Crippen LogP) is 1.91. The zero-order valence-electron chi connectivity index (χ0n) is 14.4. The second kappa shape index (κ2) is 7.02. The van der Waals surface area contributed by atoms with Crippen molar-refractivity contribution in [1.29, 1.82) is 0 Å². The summed E-state index contributed by atoms with van der Waals surface area (Å²) in [5.41, 5.74) is -0.864. The number of ether oxygens (including phenoxy) is 3. The van der Waals surface area contributed by atoms with Gasteiger partial charge in [0, 0.05) is 20.0 Å². The fourth-order valence-corrected chi connectivity index (χ4v) is 2.40. The third-order valence-electron chi connectivity index (χ3n) is 3.33. The first-order valence-electron chi connectivity index (χ1n) is 7.35. The lowest BCUT2D eigenvalue weighted by Crippen LogP contribution is -2.63. The summed E-state index contributed by atoms with van der Waals surface area (Å²) >= 11 is 0. The summed E-state index contributed by atoms with van der Waals surface area (Å²) in [7, 11) is 1.30. The summed E-state index contributed by atoms with van der Waals surface area (Å²) in [5.74, 6) is -0.830. The Morgan fingerprint density at radius 2 is 1.78 bits per heavy atom. The number of likely N-dealkylation sites (tertiary alicyclic amines) is 1. The minimum atomic E-state index is -0.858. The van der Waals surface area contributed by atoms with E-state index >= 15 is 0 Å². The molecule has 0 radical (unpaired) electrons. The zero-order chi connectivity index (χ0) is 17.8. The highest BCUT2D eigenvalue weighted by Crippen LogP contribution is 2.38. The minimum absolute atomic E-state index is 0.0422. The van der Waals surface area contributed by atoms with Crippen LogP contribution in [0.25, 0.3) is 0 Å². The molecule has 0 aromatic rings. The lowest BCUT2D eigenvalue weighted by Gasteiger charge is -2.47. The van der Waals surface area contributed by atoms with E-state index in [0.29, 0.717) is 5.57 Å². The quantitative estimate of drug-likeness (QED) is 0.436. The van der Waals surface area contributed by atoms with Crippen LogP contribution in [0.4, 0.5) is 4.79 Å². The first-order chi connectivity index (χ1) is 10.5. The highest BCUT2D eigenvalue weighted by atomic mass is 16.6. The summed E-state index contributed by atoms with van der Waals surface area (Å²) in [6, 6.07) is 0. The molecule has 0 aromatic heterocycles. The fourth-order valence-electron chi connectivity index (χ4n) is 2.40. The van der Waals surface area contributed by atoms with Gasteiger partial charge in [0.15, 0.2) is 0 Å². The van der Waals surface area contributed by atoms with E-state index in [1.807, 2.05) is 0 Å². The van der Waals surface area contributed by atoms with Gasteiger partial charge in [-0.2, -0.15) is 0 Å². The third kappa shape index (κ3) is 5.26. The van der Waals surface area contributed by atoms with E-state index in [1.54, 1.807) is 20.8 Å². The Balaban J connectivity index is 2.67. The normalized spacial score (nSPS) is 16.1. The number of hydrogen-bond acceptors (Lipinski definition) is 6. The lowest BCUT2D eigenvalue weighted by atomic mass is 9.75. The van der Waals surface area contributed by atoms with Crippen molar-refractivity contribution in [3.63, 3.8) is 0 Å². The van der Waals surface area contributed by atoms with Gasteiger partial charge in [0.1, 0.15) is 17.6 Å². The van der Waals surface area contributed by atoms with Crippen LogP contribution >= 0.6 is 0 Å². The second-order valence-electron chi connectivity index (χ2n) is 6.82. The molecule has 0 spiro atoms. The fraction of sp³-hybridized carbons (Fsp3) is 0.688. The predicted molar refractivity (Wildman–Crippen MR) is 82.6 cm³/mol. The standard InChI is InChI=1S/C16H25NO6/c1-11(8-22-12(2)18)7-16(13(19)21-6)9-17(10-16)14(20)23-15(3,4)5/h1,7-10H2,2-6H3. The van der Waals surface area contributed by atoms with E-state index in [4.69, 9.17) is 14.2 Å². The van der Waals surface area contributed by atoms with Crippen molar-refractivity contribution in [3.8, 4) is 0 Å². The van der Waals surface area contributed by atoms with Crippen LogP contribution in [-0.4, -0.2) is 55.3 Å². The Hall–Kier alpha value is -2.05. The van der Waals surface area contributed by atoms with E-state index in [1.165, 1.54) is 18.9 Å². The monoisotopic (exact) mass is 327 g/mol. The highest BCUT2D eigenvalue weighted by Gasteiger charge is 2.53. The van der Waals surface area contributed by atoms with Crippen molar-refractivity contribution in [3.05, 3.63) is 12.2 Å².